The summed E-state index contributed by atoms with van der Waals surface area (Å²) >= 11 is 1.63. The van der Waals surface area contributed by atoms with Crippen LogP contribution in [0.1, 0.15) is 37.9 Å². The van der Waals surface area contributed by atoms with Gasteiger partial charge in [-0.3, -0.25) is 4.98 Å². The highest BCUT2D eigenvalue weighted by Gasteiger charge is 2.14. The zero-order valence-electron chi connectivity index (χ0n) is 12.2. The second-order valence-corrected chi connectivity index (χ2v) is 6.87. The molecule has 2 aromatic rings. The van der Waals surface area contributed by atoms with Crippen molar-refractivity contribution in [1.29, 1.82) is 0 Å². The third-order valence-electron chi connectivity index (χ3n) is 3.16. The van der Waals surface area contributed by atoms with Crippen molar-refractivity contribution >= 4 is 11.8 Å². The van der Waals surface area contributed by atoms with Crippen molar-refractivity contribution in [1.82, 2.24) is 9.97 Å². The lowest BCUT2D eigenvalue weighted by Gasteiger charge is -2.20. The Labute approximate surface area is 125 Å². The average molecular weight is 287 g/mol. The maximum absolute atomic E-state index is 6.23. The van der Waals surface area contributed by atoms with E-state index < -0.39 is 0 Å². The van der Waals surface area contributed by atoms with Gasteiger partial charge in [-0.15, -0.1) is 11.8 Å². The Hall–Kier alpha value is -1.39. The first-order valence-corrected chi connectivity index (χ1v) is 7.70. The number of hydrogen-bond acceptors (Lipinski definition) is 4. The molecular formula is C16H21N3S. The highest BCUT2D eigenvalue weighted by molar-refractivity contribution is 7.99. The van der Waals surface area contributed by atoms with Crippen LogP contribution >= 0.6 is 11.8 Å². The molecule has 106 valence electrons. The van der Waals surface area contributed by atoms with Crippen molar-refractivity contribution in [2.45, 2.75) is 37.3 Å². The molecule has 0 aliphatic rings. The van der Waals surface area contributed by atoms with Crippen LogP contribution in [-0.2, 0) is 5.41 Å². The molecule has 1 unspecified atom stereocenters. The van der Waals surface area contributed by atoms with Gasteiger partial charge in [-0.25, -0.2) is 4.98 Å². The van der Waals surface area contributed by atoms with Crippen molar-refractivity contribution in [2.24, 2.45) is 5.73 Å². The summed E-state index contributed by atoms with van der Waals surface area (Å²) in [6, 6.07) is 8.60. The number of nitrogens with zero attached hydrogens (tertiary/aromatic N) is 2. The summed E-state index contributed by atoms with van der Waals surface area (Å²) in [7, 11) is 0. The molecule has 0 aliphatic heterocycles. The van der Waals surface area contributed by atoms with Gasteiger partial charge in [-0.05, 0) is 16.5 Å². The first-order chi connectivity index (χ1) is 9.47. The monoisotopic (exact) mass is 287 g/mol. The lowest BCUT2D eigenvalue weighted by Crippen LogP contribution is -2.15. The van der Waals surface area contributed by atoms with Crippen LogP contribution in [0.25, 0.3) is 0 Å². The predicted octanol–water partition coefficient (Wildman–Crippen LogP) is 3.57. The van der Waals surface area contributed by atoms with E-state index in [9.17, 15) is 0 Å². The lowest BCUT2D eigenvalue weighted by atomic mass is 9.86. The van der Waals surface area contributed by atoms with E-state index in [1.54, 1.807) is 30.4 Å². The van der Waals surface area contributed by atoms with Gasteiger partial charge in [0.05, 0.1) is 6.20 Å². The van der Waals surface area contributed by atoms with E-state index in [0.29, 0.717) is 0 Å². The number of thioether (sulfide) groups is 1. The van der Waals surface area contributed by atoms with Gasteiger partial charge in [0.2, 0.25) is 0 Å². The van der Waals surface area contributed by atoms with Gasteiger partial charge in [0, 0.05) is 24.2 Å². The molecular weight excluding hydrogens is 266 g/mol. The molecule has 1 atom stereocenters. The third kappa shape index (κ3) is 4.05. The minimum Gasteiger partial charge on any atom is -0.323 e. The number of hydrogen-bond donors (Lipinski definition) is 1. The van der Waals surface area contributed by atoms with Crippen molar-refractivity contribution in [2.75, 3.05) is 5.75 Å². The van der Waals surface area contributed by atoms with Crippen LogP contribution in [0, 0.1) is 0 Å². The Balaban J connectivity index is 1.97. The van der Waals surface area contributed by atoms with E-state index in [1.807, 2.05) is 0 Å². The number of rotatable bonds is 4. The Morgan fingerprint density at radius 3 is 2.40 bits per heavy atom. The molecule has 1 heterocycles. The Kier molecular flexibility index (Phi) is 4.78. The molecule has 0 fully saturated rings. The summed E-state index contributed by atoms with van der Waals surface area (Å²) in [5.74, 6) is 0.799. The van der Waals surface area contributed by atoms with Gasteiger partial charge in [0.25, 0.3) is 0 Å². The minimum absolute atomic E-state index is 0.0102. The van der Waals surface area contributed by atoms with Crippen molar-refractivity contribution in [3.63, 3.8) is 0 Å². The first-order valence-electron chi connectivity index (χ1n) is 6.71. The zero-order valence-corrected chi connectivity index (χ0v) is 13.0. The molecule has 0 bridgehead atoms. The molecule has 0 spiro atoms. The summed E-state index contributed by atoms with van der Waals surface area (Å²) in [5.41, 5.74) is 8.90. The fraction of sp³-hybridized carbons (Fsp3) is 0.375. The summed E-state index contributed by atoms with van der Waals surface area (Å²) in [4.78, 5) is 8.29. The zero-order chi connectivity index (χ0) is 14.6. The van der Waals surface area contributed by atoms with Gasteiger partial charge in [0.15, 0.2) is 0 Å². The van der Waals surface area contributed by atoms with Crippen LogP contribution in [0.2, 0.25) is 0 Å². The van der Waals surface area contributed by atoms with E-state index in [-0.39, 0.29) is 11.5 Å². The summed E-state index contributed by atoms with van der Waals surface area (Å²) < 4.78 is 0. The second kappa shape index (κ2) is 6.37. The van der Waals surface area contributed by atoms with E-state index in [4.69, 9.17) is 5.73 Å². The fourth-order valence-electron chi connectivity index (χ4n) is 1.86. The van der Waals surface area contributed by atoms with Gasteiger partial charge in [-0.2, -0.15) is 0 Å². The van der Waals surface area contributed by atoms with Crippen LogP contribution in [-0.4, -0.2) is 15.7 Å². The molecule has 0 saturated carbocycles. The molecule has 0 amide bonds. The van der Waals surface area contributed by atoms with E-state index in [0.717, 1.165) is 16.3 Å². The quantitative estimate of drug-likeness (QED) is 0.873. The van der Waals surface area contributed by atoms with Gasteiger partial charge < -0.3 is 5.73 Å². The molecule has 1 aromatic carbocycles. The minimum atomic E-state index is 0.0102. The molecule has 4 heteroatoms. The standard InChI is InChI=1S/C16H21N3S/c1-16(2,3)13-6-4-12(5-7-13)14(17)11-20-15-10-18-8-9-19-15/h4-10,14H,11,17H2,1-3H3. The molecule has 20 heavy (non-hydrogen) atoms. The van der Waals surface area contributed by atoms with Gasteiger partial charge >= 0.3 is 0 Å². The largest absolute Gasteiger partial charge is 0.323 e. The highest BCUT2D eigenvalue weighted by Crippen LogP contribution is 2.25. The molecule has 0 aliphatic carbocycles. The number of benzene rings is 1. The smallest absolute Gasteiger partial charge is 0.114 e. The Morgan fingerprint density at radius 1 is 1.15 bits per heavy atom. The van der Waals surface area contributed by atoms with Gasteiger partial charge in [0.1, 0.15) is 5.03 Å². The Bertz CT molecular complexity index is 532. The predicted molar refractivity (Wildman–Crippen MR) is 84.8 cm³/mol. The Morgan fingerprint density at radius 2 is 1.85 bits per heavy atom. The third-order valence-corrected chi connectivity index (χ3v) is 4.19. The normalized spacial score (nSPS) is 13.2. The van der Waals surface area contributed by atoms with Crippen LogP contribution in [0.4, 0.5) is 0 Å². The highest BCUT2D eigenvalue weighted by atomic mass is 32.2. The van der Waals surface area contributed by atoms with E-state index in [1.165, 1.54) is 5.56 Å². The second-order valence-electron chi connectivity index (χ2n) is 5.83. The van der Waals surface area contributed by atoms with Crippen LogP contribution in [0.3, 0.4) is 0 Å². The van der Waals surface area contributed by atoms with Crippen LogP contribution in [0.15, 0.2) is 47.9 Å². The number of aromatic nitrogens is 2. The average Bonchev–Trinajstić information content (AvgIpc) is 2.45. The van der Waals surface area contributed by atoms with Crippen molar-refractivity contribution in [3.8, 4) is 0 Å². The van der Waals surface area contributed by atoms with Gasteiger partial charge in [-0.1, -0.05) is 45.0 Å². The SMILES string of the molecule is CC(C)(C)c1ccc(C(N)CSc2cnccn2)cc1. The summed E-state index contributed by atoms with van der Waals surface area (Å²) in [6.45, 7) is 6.64. The molecule has 2 N–H and O–H groups in total. The number of nitrogens with two attached hydrogens (primary N) is 1. The lowest BCUT2D eigenvalue weighted by molar-refractivity contribution is 0.589. The molecule has 1 aromatic heterocycles. The van der Waals surface area contributed by atoms with Crippen molar-refractivity contribution in [3.05, 3.63) is 54.0 Å². The van der Waals surface area contributed by atoms with Crippen LogP contribution in [0.5, 0.6) is 0 Å². The topological polar surface area (TPSA) is 51.8 Å². The maximum atomic E-state index is 6.23. The van der Waals surface area contributed by atoms with E-state index in [2.05, 4.69) is 55.0 Å². The molecule has 0 radical (unpaired) electrons. The van der Waals surface area contributed by atoms with E-state index >= 15 is 0 Å². The van der Waals surface area contributed by atoms with Crippen molar-refractivity contribution < 1.29 is 0 Å². The first kappa shape index (κ1) is 15.0. The summed E-state index contributed by atoms with van der Waals surface area (Å²) in [5, 5.41) is 0.911. The molecule has 2 rings (SSSR count). The van der Waals surface area contributed by atoms with Crippen LogP contribution < -0.4 is 5.73 Å². The summed E-state index contributed by atoms with van der Waals surface area (Å²) in [6.07, 6.45) is 5.14. The fourth-order valence-corrected chi connectivity index (χ4v) is 2.68. The maximum Gasteiger partial charge on any atom is 0.114 e. The molecule has 3 nitrogen and oxygen atoms in total. The molecule has 0 saturated heterocycles.